The molecule has 0 saturated carbocycles. The summed E-state index contributed by atoms with van der Waals surface area (Å²) in [7, 11) is 1.63. The molecular weight excluding hydrogens is 138 g/mol. The fourth-order valence-electron chi connectivity index (χ4n) is 0.646. The summed E-state index contributed by atoms with van der Waals surface area (Å²) in [5.41, 5.74) is 0.969. The van der Waals surface area contributed by atoms with Gasteiger partial charge in [-0.2, -0.15) is 0 Å². The average molecular weight is 147 g/mol. The molecule has 11 heavy (non-hydrogen) atoms. The molecule has 56 valence electrons. The Balaban J connectivity index is 2.59. The number of nitrogens with zero attached hydrogens (tertiary/aromatic N) is 1. The number of rotatable bonds is 1. The minimum absolute atomic E-state index is 0.475. The van der Waals surface area contributed by atoms with Crippen molar-refractivity contribution in [2.45, 2.75) is 0 Å². The third-order valence-corrected chi connectivity index (χ3v) is 1.13. The van der Waals surface area contributed by atoms with E-state index in [1.807, 2.05) is 12.1 Å². The van der Waals surface area contributed by atoms with Gasteiger partial charge in [-0.3, -0.25) is 4.98 Å². The molecule has 0 N–H and O–H groups in total. The minimum Gasteiger partial charge on any atom is -0.372 e. The van der Waals surface area contributed by atoms with Crippen LogP contribution in [0, 0.1) is 11.8 Å². The first-order chi connectivity index (χ1) is 5.43. The molecule has 0 fully saturated rings. The van der Waals surface area contributed by atoms with Crippen molar-refractivity contribution in [1.29, 1.82) is 0 Å². The molecule has 0 aliphatic rings. The van der Waals surface area contributed by atoms with Crippen LogP contribution in [-0.2, 0) is 4.74 Å². The molecule has 2 nitrogen and oxygen atoms in total. The van der Waals surface area contributed by atoms with Crippen LogP contribution in [0.1, 0.15) is 5.56 Å². The molecule has 0 spiro atoms. The van der Waals surface area contributed by atoms with Crippen molar-refractivity contribution in [3.05, 3.63) is 30.1 Å². The number of hydrogen-bond acceptors (Lipinski definition) is 2. The molecular formula is C9H9NO. The zero-order valence-electron chi connectivity index (χ0n) is 6.37. The van der Waals surface area contributed by atoms with E-state index in [4.69, 9.17) is 4.74 Å². The van der Waals surface area contributed by atoms with Crippen molar-refractivity contribution in [3.63, 3.8) is 0 Å². The van der Waals surface area contributed by atoms with Crippen molar-refractivity contribution in [2.24, 2.45) is 0 Å². The zero-order valence-corrected chi connectivity index (χ0v) is 6.37. The van der Waals surface area contributed by atoms with Crippen LogP contribution in [0.2, 0.25) is 0 Å². The molecule has 1 heterocycles. The van der Waals surface area contributed by atoms with Crippen molar-refractivity contribution in [1.82, 2.24) is 4.98 Å². The third-order valence-electron chi connectivity index (χ3n) is 1.13. The molecule has 0 aliphatic heterocycles. The SMILES string of the molecule is COCC#Cc1ccncc1. The molecule has 0 unspecified atom stereocenters. The van der Waals surface area contributed by atoms with E-state index in [0.29, 0.717) is 6.61 Å². The molecule has 0 aromatic carbocycles. The lowest BCUT2D eigenvalue weighted by atomic mass is 10.3. The highest BCUT2D eigenvalue weighted by atomic mass is 16.5. The van der Waals surface area contributed by atoms with E-state index in [1.54, 1.807) is 19.5 Å². The van der Waals surface area contributed by atoms with E-state index in [2.05, 4.69) is 16.8 Å². The number of hydrogen-bond donors (Lipinski definition) is 0. The summed E-state index contributed by atoms with van der Waals surface area (Å²) in [6.07, 6.45) is 3.44. The van der Waals surface area contributed by atoms with Gasteiger partial charge in [-0.05, 0) is 12.1 Å². The number of methoxy groups -OCH3 is 1. The van der Waals surface area contributed by atoms with Gasteiger partial charge in [-0.25, -0.2) is 0 Å². The standard InChI is InChI=1S/C9H9NO/c1-11-8-2-3-9-4-6-10-7-5-9/h4-7H,8H2,1H3. The molecule has 0 amide bonds. The van der Waals surface area contributed by atoms with Gasteiger partial charge in [0, 0.05) is 25.1 Å². The van der Waals surface area contributed by atoms with Crippen LogP contribution >= 0.6 is 0 Å². The fourth-order valence-corrected chi connectivity index (χ4v) is 0.646. The highest BCUT2D eigenvalue weighted by molar-refractivity contribution is 5.31. The summed E-state index contributed by atoms with van der Waals surface area (Å²) in [5.74, 6) is 5.78. The van der Waals surface area contributed by atoms with Gasteiger partial charge in [0.15, 0.2) is 0 Å². The zero-order chi connectivity index (χ0) is 7.94. The maximum atomic E-state index is 4.77. The molecule has 1 rings (SSSR count). The van der Waals surface area contributed by atoms with Crippen LogP contribution in [0.3, 0.4) is 0 Å². The Labute approximate surface area is 66.2 Å². The Morgan fingerprint density at radius 1 is 1.45 bits per heavy atom. The predicted octanol–water partition coefficient (Wildman–Crippen LogP) is 1.08. The topological polar surface area (TPSA) is 22.1 Å². The molecule has 1 aromatic heterocycles. The van der Waals surface area contributed by atoms with Crippen LogP contribution in [0.4, 0.5) is 0 Å². The monoisotopic (exact) mass is 147 g/mol. The van der Waals surface area contributed by atoms with Gasteiger partial charge in [-0.1, -0.05) is 11.8 Å². The van der Waals surface area contributed by atoms with Crippen LogP contribution in [0.5, 0.6) is 0 Å². The molecule has 0 aliphatic carbocycles. The van der Waals surface area contributed by atoms with Crippen LogP contribution < -0.4 is 0 Å². The van der Waals surface area contributed by atoms with E-state index in [0.717, 1.165) is 5.56 Å². The average Bonchev–Trinajstić information content (AvgIpc) is 2.07. The van der Waals surface area contributed by atoms with Gasteiger partial charge < -0.3 is 4.74 Å². The summed E-state index contributed by atoms with van der Waals surface area (Å²) >= 11 is 0. The van der Waals surface area contributed by atoms with Crippen molar-refractivity contribution in [2.75, 3.05) is 13.7 Å². The van der Waals surface area contributed by atoms with E-state index in [9.17, 15) is 0 Å². The second kappa shape index (κ2) is 4.48. The van der Waals surface area contributed by atoms with E-state index in [1.165, 1.54) is 0 Å². The Hall–Kier alpha value is -1.33. The summed E-state index contributed by atoms with van der Waals surface area (Å²) in [5, 5.41) is 0. The van der Waals surface area contributed by atoms with Crippen molar-refractivity contribution in [3.8, 4) is 11.8 Å². The maximum absolute atomic E-state index is 4.77. The van der Waals surface area contributed by atoms with Gasteiger partial charge in [0.1, 0.15) is 6.61 Å². The lowest BCUT2D eigenvalue weighted by molar-refractivity contribution is 0.240. The van der Waals surface area contributed by atoms with Crippen molar-refractivity contribution < 1.29 is 4.74 Å². The van der Waals surface area contributed by atoms with Gasteiger partial charge >= 0.3 is 0 Å². The smallest absolute Gasteiger partial charge is 0.107 e. The third kappa shape index (κ3) is 2.83. The first kappa shape index (κ1) is 7.77. The highest BCUT2D eigenvalue weighted by Gasteiger charge is 1.80. The van der Waals surface area contributed by atoms with E-state index in [-0.39, 0.29) is 0 Å². The van der Waals surface area contributed by atoms with Crippen molar-refractivity contribution >= 4 is 0 Å². The summed E-state index contributed by atoms with van der Waals surface area (Å²) in [6, 6.07) is 3.73. The van der Waals surface area contributed by atoms with E-state index >= 15 is 0 Å². The Morgan fingerprint density at radius 3 is 2.82 bits per heavy atom. The second-order valence-electron chi connectivity index (χ2n) is 1.97. The number of ether oxygens (including phenoxy) is 1. The van der Waals surface area contributed by atoms with Gasteiger partial charge in [0.25, 0.3) is 0 Å². The molecule has 0 atom stereocenters. The van der Waals surface area contributed by atoms with Gasteiger partial charge in [0.2, 0.25) is 0 Å². The predicted molar refractivity (Wildman–Crippen MR) is 43.0 cm³/mol. The lowest BCUT2D eigenvalue weighted by Crippen LogP contribution is -1.81. The molecule has 0 radical (unpaired) electrons. The first-order valence-electron chi connectivity index (χ1n) is 3.31. The van der Waals surface area contributed by atoms with Crippen LogP contribution in [-0.4, -0.2) is 18.7 Å². The summed E-state index contributed by atoms with van der Waals surface area (Å²) in [6.45, 7) is 0.475. The number of pyridine rings is 1. The lowest BCUT2D eigenvalue weighted by Gasteiger charge is -1.85. The molecule has 0 saturated heterocycles. The fraction of sp³-hybridized carbons (Fsp3) is 0.222. The molecule has 2 heteroatoms. The molecule has 1 aromatic rings. The quantitative estimate of drug-likeness (QED) is 0.554. The summed E-state index contributed by atoms with van der Waals surface area (Å²) in [4.78, 5) is 3.87. The Morgan fingerprint density at radius 2 is 2.18 bits per heavy atom. The van der Waals surface area contributed by atoms with E-state index < -0.39 is 0 Å². The highest BCUT2D eigenvalue weighted by Crippen LogP contribution is 1.91. The number of aromatic nitrogens is 1. The Bertz CT molecular complexity index is 258. The van der Waals surface area contributed by atoms with Crippen LogP contribution in [0.15, 0.2) is 24.5 Å². The molecule has 0 bridgehead atoms. The van der Waals surface area contributed by atoms with Gasteiger partial charge in [0.05, 0.1) is 0 Å². The maximum Gasteiger partial charge on any atom is 0.107 e. The van der Waals surface area contributed by atoms with Crippen LogP contribution in [0.25, 0.3) is 0 Å². The normalized spacial score (nSPS) is 8.45. The minimum atomic E-state index is 0.475. The summed E-state index contributed by atoms with van der Waals surface area (Å²) < 4.78 is 4.77. The second-order valence-corrected chi connectivity index (χ2v) is 1.97. The van der Waals surface area contributed by atoms with Gasteiger partial charge in [-0.15, -0.1) is 0 Å². The largest absolute Gasteiger partial charge is 0.372 e. The first-order valence-corrected chi connectivity index (χ1v) is 3.31. The Kier molecular flexibility index (Phi) is 3.17.